The summed E-state index contributed by atoms with van der Waals surface area (Å²) in [7, 11) is 1.69. The summed E-state index contributed by atoms with van der Waals surface area (Å²) in [6, 6.07) is 0.219. The van der Waals surface area contributed by atoms with Gasteiger partial charge in [0.25, 0.3) is 0 Å². The maximum Gasteiger partial charge on any atom is 0.226 e. The third-order valence-corrected chi connectivity index (χ3v) is 3.46. The fraction of sp³-hybridized carbons (Fsp3) is 0.846. The Bertz CT molecular complexity index is 337. The maximum atomic E-state index is 5.71. The van der Waals surface area contributed by atoms with Crippen LogP contribution < -0.4 is 5.73 Å². The van der Waals surface area contributed by atoms with E-state index in [4.69, 9.17) is 15.0 Å². The fourth-order valence-corrected chi connectivity index (χ4v) is 2.06. The summed E-state index contributed by atoms with van der Waals surface area (Å²) in [4.78, 5) is 4.45. The quantitative estimate of drug-likeness (QED) is 0.772. The first-order chi connectivity index (χ1) is 8.57. The number of aryl methyl sites for hydroxylation is 1. The second kappa shape index (κ2) is 6.85. The first kappa shape index (κ1) is 15.1. The van der Waals surface area contributed by atoms with Crippen LogP contribution in [0.25, 0.3) is 0 Å². The molecule has 0 saturated carbocycles. The van der Waals surface area contributed by atoms with Crippen molar-refractivity contribution in [2.75, 3.05) is 7.11 Å². The van der Waals surface area contributed by atoms with Gasteiger partial charge in [-0.05, 0) is 32.6 Å². The van der Waals surface area contributed by atoms with E-state index in [9.17, 15) is 0 Å². The molecule has 1 unspecified atom stereocenters. The highest BCUT2D eigenvalue weighted by Gasteiger charge is 2.33. The SMILES string of the molecule is CCC(CC)(OC)c1noc(CCCC(C)N)n1. The summed E-state index contributed by atoms with van der Waals surface area (Å²) in [5.74, 6) is 1.33. The third kappa shape index (κ3) is 3.53. The van der Waals surface area contributed by atoms with Gasteiger partial charge in [-0.15, -0.1) is 0 Å². The number of nitrogens with two attached hydrogens (primary N) is 1. The minimum Gasteiger partial charge on any atom is -0.370 e. The average molecular weight is 255 g/mol. The van der Waals surface area contributed by atoms with E-state index in [0.717, 1.165) is 32.1 Å². The zero-order valence-corrected chi connectivity index (χ0v) is 11.9. The van der Waals surface area contributed by atoms with Crippen LogP contribution in [-0.4, -0.2) is 23.3 Å². The molecule has 0 fully saturated rings. The Kier molecular flexibility index (Phi) is 5.75. The maximum absolute atomic E-state index is 5.71. The number of nitrogens with zero attached hydrogens (tertiary/aromatic N) is 2. The van der Waals surface area contributed by atoms with Gasteiger partial charge in [-0.3, -0.25) is 0 Å². The lowest BCUT2D eigenvalue weighted by Crippen LogP contribution is -2.28. The van der Waals surface area contributed by atoms with Crippen LogP contribution >= 0.6 is 0 Å². The number of methoxy groups -OCH3 is 1. The molecular formula is C13H25N3O2. The van der Waals surface area contributed by atoms with Crippen molar-refractivity contribution in [1.82, 2.24) is 10.1 Å². The van der Waals surface area contributed by atoms with E-state index < -0.39 is 5.60 Å². The predicted molar refractivity (Wildman–Crippen MR) is 70.2 cm³/mol. The molecule has 104 valence electrons. The molecule has 1 aromatic rings. The van der Waals surface area contributed by atoms with Crippen LogP contribution in [0.2, 0.25) is 0 Å². The van der Waals surface area contributed by atoms with Gasteiger partial charge in [0, 0.05) is 19.6 Å². The molecule has 0 radical (unpaired) electrons. The molecule has 0 amide bonds. The van der Waals surface area contributed by atoms with Crippen LogP contribution in [0.15, 0.2) is 4.52 Å². The van der Waals surface area contributed by atoms with E-state index in [2.05, 4.69) is 24.0 Å². The van der Waals surface area contributed by atoms with Gasteiger partial charge in [0.2, 0.25) is 11.7 Å². The standard InChI is InChI=1S/C13H25N3O2/c1-5-13(6-2,17-4)12-15-11(18-16-12)9-7-8-10(3)14/h10H,5-9,14H2,1-4H3. The van der Waals surface area contributed by atoms with E-state index in [1.165, 1.54) is 0 Å². The molecule has 1 aromatic heterocycles. The average Bonchev–Trinajstić information content (AvgIpc) is 2.81. The molecule has 1 heterocycles. The van der Waals surface area contributed by atoms with Crippen molar-refractivity contribution in [3.05, 3.63) is 11.7 Å². The largest absolute Gasteiger partial charge is 0.370 e. The molecule has 1 rings (SSSR count). The normalized spacial score (nSPS) is 13.8. The molecule has 5 nitrogen and oxygen atoms in total. The van der Waals surface area contributed by atoms with Crippen molar-refractivity contribution in [2.24, 2.45) is 5.73 Å². The molecule has 0 spiro atoms. The van der Waals surface area contributed by atoms with Crippen LogP contribution in [0, 0.1) is 0 Å². The first-order valence-corrected chi connectivity index (χ1v) is 6.71. The lowest BCUT2D eigenvalue weighted by atomic mass is 9.96. The van der Waals surface area contributed by atoms with Gasteiger partial charge in [0.1, 0.15) is 5.60 Å². The molecule has 0 aliphatic heterocycles. The lowest BCUT2D eigenvalue weighted by Gasteiger charge is -2.25. The topological polar surface area (TPSA) is 74.2 Å². The number of aromatic nitrogens is 2. The summed E-state index contributed by atoms with van der Waals surface area (Å²) in [6.07, 6.45) is 4.38. The van der Waals surface area contributed by atoms with Gasteiger partial charge in [-0.1, -0.05) is 19.0 Å². The Morgan fingerprint density at radius 2 is 2.06 bits per heavy atom. The van der Waals surface area contributed by atoms with Crippen molar-refractivity contribution in [3.63, 3.8) is 0 Å². The molecule has 1 atom stereocenters. The second-order valence-corrected chi connectivity index (χ2v) is 4.79. The molecule has 0 aromatic carbocycles. The van der Waals surface area contributed by atoms with E-state index in [1.807, 2.05) is 6.92 Å². The fourth-order valence-electron chi connectivity index (χ4n) is 2.06. The molecule has 0 bridgehead atoms. The Morgan fingerprint density at radius 1 is 1.39 bits per heavy atom. The van der Waals surface area contributed by atoms with Gasteiger partial charge in [-0.2, -0.15) is 4.98 Å². The van der Waals surface area contributed by atoms with Crippen molar-refractivity contribution >= 4 is 0 Å². The van der Waals surface area contributed by atoms with Gasteiger partial charge in [0.15, 0.2) is 0 Å². The minimum atomic E-state index is -0.414. The molecule has 18 heavy (non-hydrogen) atoms. The lowest BCUT2D eigenvalue weighted by molar-refractivity contribution is -0.0306. The van der Waals surface area contributed by atoms with E-state index in [-0.39, 0.29) is 6.04 Å². The highest BCUT2D eigenvalue weighted by atomic mass is 16.5. The van der Waals surface area contributed by atoms with Crippen LogP contribution in [0.1, 0.15) is 58.2 Å². The summed E-state index contributed by atoms with van der Waals surface area (Å²) >= 11 is 0. The third-order valence-electron chi connectivity index (χ3n) is 3.46. The van der Waals surface area contributed by atoms with Crippen LogP contribution in [0.5, 0.6) is 0 Å². The summed E-state index contributed by atoms with van der Waals surface area (Å²) in [5, 5.41) is 4.06. The molecule has 5 heteroatoms. The second-order valence-electron chi connectivity index (χ2n) is 4.79. The molecule has 2 N–H and O–H groups in total. The Hall–Kier alpha value is -0.940. The number of hydrogen-bond acceptors (Lipinski definition) is 5. The molecule has 0 aliphatic carbocycles. The number of ether oxygens (including phenoxy) is 1. The van der Waals surface area contributed by atoms with Gasteiger partial charge in [0.05, 0.1) is 0 Å². The van der Waals surface area contributed by atoms with Crippen molar-refractivity contribution in [3.8, 4) is 0 Å². The zero-order chi connectivity index (χ0) is 13.6. The summed E-state index contributed by atoms with van der Waals surface area (Å²) in [5.41, 5.74) is 5.30. The van der Waals surface area contributed by atoms with Crippen LogP contribution in [-0.2, 0) is 16.8 Å². The monoisotopic (exact) mass is 255 g/mol. The Morgan fingerprint density at radius 3 is 2.56 bits per heavy atom. The van der Waals surface area contributed by atoms with Gasteiger partial charge < -0.3 is 15.0 Å². The minimum absolute atomic E-state index is 0.219. The zero-order valence-electron chi connectivity index (χ0n) is 11.9. The summed E-state index contributed by atoms with van der Waals surface area (Å²) < 4.78 is 10.8. The number of rotatable bonds is 8. The van der Waals surface area contributed by atoms with Crippen molar-refractivity contribution in [1.29, 1.82) is 0 Å². The van der Waals surface area contributed by atoms with E-state index in [0.29, 0.717) is 11.7 Å². The van der Waals surface area contributed by atoms with Crippen molar-refractivity contribution in [2.45, 2.75) is 64.5 Å². The van der Waals surface area contributed by atoms with Crippen molar-refractivity contribution < 1.29 is 9.26 Å². The smallest absolute Gasteiger partial charge is 0.226 e. The molecule has 0 saturated heterocycles. The predicted octanol–water partition coefficient (Wildman–Crippen LogP) is 2.40. The highest BCUT2D eigenvalue weighted by molar-refractivity contribution is 5.01. The van der Waals surface area contributed by atoms with Gasteiger partial charge in [-0.25, -0.2) is 0 Å². The Labute approximate surface area is 109 Å². The molecule has 0 aliphatic rings. The number of hydrogen-bond donors (Lipinski definition) is 1. The van der Waals surface area contributed by atoms with Gasteiger partial charge >= 0.3 is 0 Å². The molecular weight excluding hydrogens is 230 g/mol. The highest BCUT2D eigenvalue weighted by Crippen LogP contribution is 2.30. The first-order valence-electron chi connectivity index (χ1n) is 6.71. The van der Waals surface area contributed by atoms with Crippen LogP contribution in [0.4, 0.5) is 0 Å². The van der Waals surface area contributed by atoms with E-state index >= 15 is 0 Å². The Balaban J connectivity index is 2.67. The van der Waals surface area contributed by atoms with Crippen LogP contribution in [0.3, 0.4) is 0 Å². The van der Waals surface area contributed by atoms with E-state index in [1.54, 1.807) is 7.11 Å². The summed E-state index contributed by atoms with van der Waals surface area (Å²) in [6.45, 7) is 6.14.